The van der Waals surface area contributed by atoms with E-state index < -0.39 is 17.4 Å². The van der Waals surface area contributed by atoms with Crippen LogP contribution in [0, 0.1) is 24.1 Å². The van der Waals surface area contributed by atoms with E-state index in [1.54, 1.807) is 49.1 Å². The fourth-order valence-electron chi connectivity index (χ4n) is 4.67. The minimum atomic E-state index is -0.974. The first-order chi connectivity index (χ1) is 19.1. The van der Waals surface area contributed by atoms with E-state index >= 15 is 0 Å². The Morgan fingerprint density at radius 3 is 2.52 bits per heavy atom. The minimum absolute atomic E-state index is 0.0202. The molecule has 0 aliphatic rings. The molecular weight excluding hydrogens is 511 g/mol. The number of nitriles is 1. The maximum Gasteiger partial charge on any atom is 0.252 e. The highest BCUT2D eigenvalue weighted by atomic mass is 19.1. The average Bonchev–Trinajstić information content (AvgIpc) is 3.35. The maximum absolute atomic E-state index is 14.6. The van der Waals surface area contributed by atoms with E-state index in [1.165, 1.54) is 36.1 Å². The monoisotopic (exact) mass is 540 g/mol. The lowest BCUT2D eigenvalue weighted by molar-refractivity contribution is -0.121. The van der Waals surface area contributed by atoms with Crippen molar-refractivity contribution in [2.75, 3.05) is 7.11 Å². The summed E-state index contributed by atoms with van der Waals surface area (Å²) in [4.78, 5) is 39.2. The van der Waals surface area contributed by atoms with Gasteiger partial charge >= 0.3 is 0 Å². The number of carbonyl (C=O) groups is 2. The van der Waals surface area contributed by atoms with Gasteiger partial charge in [-0.2, -0.15) is 10.4 Å². The Morgan fingerprint density at radius 1 is 1.12 bits per heavy atom. The number of aromatic nitrogens is 3. The van der Waals surface area contributed by atoms with Crippen LogP contribution < -0.4 is 10.3 Å². The third-order valence-electron chi connectivity index (χ3n) is 6.76. The van der Waals surface area contributed by atoms with E-state index in [2.05, 4.69) is 11.2 Å². The number of hydrogen-bond donors (Lipinski definition) is 0. The van der Waals surface area contributed by atoms with Gasteiger partial charge in [-0.25, -0.2) is 4.39 Å². The molecule has 0 saturated carbocycles. The summed E-state index contributed by atoms with van der Waals surface area (Å²) < 4.78 is 23.1. The SMILES string of the molecule is CCC(=O)c1ccc(CC(=O)C(Cc2ccn(C)n2)n2cc(OC)c(-c3cc(C)ccc3C#N)cc2=O)cc1F. The Hall–Kier alpha value is -4.84. The number of pyridine rings is 1. The first kappa shape index (κ1) is 28.2. The summed E-state index contributed by atoms with van der Waals surface area (Å²) in [5.41, 5.74) is 2.77. The van der Waals surface area contributed by atoms with Crippen molar-refractivity contribution in [3.8, 4) is 22.9 Å². The summed E-state index contributed by atoms with van der Waals surface area (Å²) in [7, 11) is 3.20. The van der Waals surface area contributed by atoms with Crippen molar-refractivity contribution in [3.05, 3.63) is 105 Å². The number of Topliss-reactive ketones (excluding diaryl/α,β-unsaturated/α-hetero) is 2. The number of aryl methyl sites for hydroxylation is 2. The van der Waals surface area contributed by atoms with Gasteiger partial charge in [0, 0.05) is 49.7 Å². The maximum atomic E-state index is 14.6. The molecule has 0 amide bonds. The number of rotatable bonds is 10. The van der Waals surface area contributed by atoms with Gasteiger partial charge in [-0.05, 0) is 42.8 Å². The molecule has 8 nitrogen and oxygen atoms in total. The zero-order valence-electron chi connectivity index (χ0n) is 22.8. The summed E-state index contributed by atoms with van der Waals surface area (Å²) in [5, 5.41) is 14.0. The van der Waals surface area contributed by atoms with Gasteiger partial charge < -0.3 is 9.30 Å². The Morgan fingerprint density at radius 2 is 1.90 bits per heavy atom. The van der Waals surface area contributed by atoms with Gasteiger partial charge in [-0.3, -0.25) is 19.1 Å². The molecule has 204 valence electrons. The van der Waals surface area contributed by atoms with E-state index in [-0.39, 0.29) is 36.4 Å². The Balaban J connectivity index is 1.77. The summed E-state index contributed by atoms with van der Waals surface area (Å²) in [6, 6.07) is 13.7. The first-order valence-corrected chi connectivity index (χ1v) is 12.8. The zero-order valence-corrected chi connectivity index (χ0v) is 22.8. The molecule has 0 fully saturated rings. The molecule has 0 saturated heterocycles. The van der Waals surface area contributed by atoms with Crippen LogP contribution in [0.5, 0.6) is 5.75 Å². The smallest absolute Gasteiger partial charge is 0.252 e. The molecule has 1 unspecified atom stereocenters. The van der Waals surface area contributed by atoms with Crippen LogP contribution in [0.25, 0.3) is 11.1 Å². The number of hydrogen-bond acceptors (Lipinski definition) is 6. The Bertz CT molecular complexity index is 1700. The molecule has 0 aliphatic carbocycles. The van der Waals surface area contributed by atoms with Gasteiger partial charge in [0.05, 0.1) is 36.2 Å². The molecule has 0 spiro atoms. The summed E-state index contributed by atoms with van der Waals surface area (Å²) in [5.74, 6) is -1.04. The van der Waals surface area contributed by atoms with Gasteiger partial charge in [0.2, 0.25) is 0 Å². The van der Waals surface area contributed by atoms with Gasteiger partial charge in [0.1, 0.15) is 17.6 Å². The second-order valence-corrected chi connectivity index (χ2v) is 9.60. The molecule has 40 heavy (non-hydrogen) atoms. The van der Waals surface area contributed by atoms with Crippen molar-refractivity contribution in [3.63, 3.8) is 0 Å². The predicted octanol–water partition coefficient (Wildman–Crippen LogP) is 4.76. The highest BCUT2D eigenvalue weighted by molar-refractivity contribution is 5.96. The average molecular weight is 541 g/mol. The lowest BCUT2D eigenvalue weighted by atomic mass is 9.96. The number of halogens is 1. The molecule has 4 rings (SSSR count). The van der Waals surface area contributed by atoms with Gasteiger partial charge in [-0.1, -0.05) is 24.6 Å². The minimum Gasteiger partial charge on any atom is -0.495 e. The molecule has 2 heterocycles. The third-order valence-corrected chi connectivity index (χ3v) is 6.76. The predicted molar refractivity (Wildman–Crippen MR) is 148 cm³/mol. The molecule has 9 heteroatoms. The first-order valence-electron chi connectivity index (χ1n) is 12.8. The molecule has 0 bridgehead atoms. The van der Waals surface area contributed by atoms with E-state index in [1.807, 2.05) is 13.0 Å². The standard InChI is InChI=1S/C31H29FN4O4/c1-5-28(37)23-9-7-20(13-26(23)32)14-29(38)27(15-22-10-11-35(3)34-22)36-18-30(40-4)25(16-31(36)39)24-12-19(2)6-8-21(24)17-33/h6-13,16,18,27H,5,14-15H2,1-4H3. The molecule has 2 aromatic heterocycles. The van der Waals surface area contributed by atoms with Gasteiger partial charge in [-0.15, -0.1) is 0 Å². The quantitative estimate of drug-likeness (QED) is 0.268. The molecule has 0 aliphatic heterocycles. The summed E-state index contributed by atoms with van der Waals surface area (Å²) in [6.07, 6.45) is 3.33. The highest BCUT2D eigenvalue weighted by Gasteiger charge is 2.26. The van der Waals surface area contributed by atoms with Crippen molar-refractivity contribution in [2.45, 2.75) is 39.2 Å². The van der Waals surface area contributed by atoms with E-state index in [0.717, 1.165) is 5.56 Å². The largest absolute Gasteiger partial charge is 0.495 e. The van der Waals surface area contributed by atoms with Crippen molar-refractivity contribution < 1.29 is 18.7 Å². The number of ether oxygens (including phenoxy) is 1. The van der Waals surface area contributed by atoms with Crippen LogP contribution in [0.2, 0.25) is 0 Å². The lowest BCUT2D eigenvalue weighted by Gasteiger charge is -2.21. The molecular formula is C31H29FN4O4. The van der Waals surface area contributed by atoms with Crippen molar-refractivity contribution >= 4 is 11.6 Å². The zero-order chi connectivity index (χ0) is 29.0. The van der Waals surface area contributed by atoms with Crippen LogP contribution in [0.1, 0.15) is 52.1 Å². The lowest BCUT2D eigenvalue weighted by Crippen LogP contribution is -2.32. The van der Waals surface area contributed by atoms with Crippen LogP contribution >= 0.6 is 0 Å². The second-order valence-electron chi connectivity index (χ2n) is 9.60. The summed E-state index contributed by atoms with van der Waals surface area (Å²) >= 11 is 0. The molecule has 0 N–H and O–H groups in total. The van der Waals surface area contributed by atoms with Crippen LogP contribution in [0.4, 0.5) is 4.39 Å². The Kier molecular flexibility index (Phi) is 8.39. The van der Waals surface area contributed by atoms with Crippen molar-refractivity contribution in [1.82, 2.24) is 14.3 Å². The molecule has 2 aromatic carbocycles. The Labute approximate surface area is 231 Å². The van der Waals surface area contributed by atoms with Crippen LogP contribution in [-0.4, -0.2) is 33.0 Å². The highest BCUT2D eigenvalue weighted by Crippen LogP contribution is 2.32. The van der Waals surface area contributed by atoms with E-state index in [0.29, 0.717) is 33.7 Å². The molecule has 0 radical (unpaired) electrons. The summed E-state index contributed by atoms with van der Waals surface area (Å²) in [6.45, 7) is 3.53. The number of methoxy groups -OCH3 is 1. The second kappa shape index (κ2) is 11.9. The van der Waals surface area contributed by atoms with E-state index in [9.17, 15) is 24.0 Å². The third kappa shape index (κ3) is 5.91. The van der Waals surface area contributed by atoms with Gasteiger partial charge in [0.25, 0.3) is 5.56 Å². The number of ketones is 2. The normalized spacial score (nSPS) is 11.6. The van der Waals surface area contributed by atoms with Crippen LogP contribution in [0.3, 0.4) is 0 Å². The number of carbonyl (C=O) groups excluding carboxylic acids is 2. The fourth-order valence-corrected chi connectivity index (χ4v) is 4.67. The molecule has 4 aromatic rings. The molecule has 1 atom stereocenters. The topological polar surface area (TPSA) is 107 Å². The fraction of sp³-hybridized carbons (Fsp3) is 0.258. The number of nitrogens with zero attached hydrogens (tertiary/aromatic N) is 4. The van der Waals surface area contributed by atoms with Crippen molar-refractivity contribution in [1.29, 1.82) is 5.26 Å². The van der Waals surface area contributed by atoms with Crippen LogP contribution in [-0.2, 0) is 24.7 Å². The van der Waals surface area contributed by atoms with E-state index in [4.69, 9.17) is 4.74 Å². The number of benzene rings is 2. The van der Waals surface area contributed by atoms with Crippen molar-refractivity contribution in [2.24, 2.45) is 7.05 Å². The van der Waals surface area contributed by atoms with Crippen LogP contribution in [0.15, 0.2) is 65.7 Å². The van der Waals surface area contributed by atoms with Gasteiger partial charge in [0.15, 0.2) is 11.6 Å².